The molecule has 2 rings (SSSR count). The van der Waals surface area contributed by atoms with E-state index in [1.807, 2.05) is 6.92 Å². The van der Waals surface area contributed by atoms with Gasteiger partial charge in [-0.3, -0.25) is 4.90 Å². The fourth-order valence-corrected chi connectivity index (χ4v) is 2.75. The van der Waals surface area contributed by atoms with Crippen LogP contribution in [-0.2, 0) is 11.3 Å². The molecule has 20 heavy (non-hydrogen) atoms. The largest absolute Gasteiger partial charge is 0.389 e. The van der Waals surface area contributed by atoms with Gasteiger partial charge in [0.2, 0.25) is 0 Å². The Morgan fingerprint density at radius 2 is 2.30 bits per heavy atom. The summed E-state index contributed by atoms with van der Waals surface area (Å²) < 4.78 is 20.0. The number of benzene rings is 1. The highest BCUT2D eigenvalue weighted by Gasteiger charge is 2.26. The molecule has 2 unspecified atom stereocenters. The molecule has 1 saturated heterocycles. The fourth-order valence-electron chi connectivity index (χ4n) is 2.59. The Bertz CT molecular complexity index is 495. The van der Waals surface area contributed by atoms with Crippen LogP contribution in [0.3, 0.4) is 0 Å². The van der Waals surface area contributed by atoms with Crippen LogP contribution in [0, 0.1) is 5.82 Å². The summed E-state index contributed by atoms with van der Waals surface area (Å²) in [7, 11) is 0. The van der Waals surface area contributed by atoms with Gasteiger partial charge in [0.15, 0.2) is 0 Å². The highest BCUT2D eigenvalue weighted by molar-refractivity contribution is 7.80. The van der Waals surface area contributed by atoms with Gasteiger partial charge >= 0.3 is 0 Å². The van der Waals surface area contributed by atoms with Gasteiger partial charge in [-0.1, -0.05) is 31.3 Å². The third-order valence-corrected chi connectivity index (χ3v) is 3.99. The number of nitrogens with zero attached hydrogens (tertiary/aromatic N) is 1. The van der Waals surface area contributed by atoms with Crippen LogP contribution in [0.5, 0.6) is 0 Å². The first-order valence-electron chi connectivity index (χ1n) is 6.95. The molecule has 1 aromatic rings. The third kappa shape index (κ3) is 3.34. The quantitative estimate of drug-likeness (QED) is 0.866. The average Bonchev–Trinajstić information content (AvgIpc) is 2.41. The maximum Gasteiger partial charge on any atom is 0.137 e. The molecule has 1 aromatic carbocycles. The van der Waals surface area contributed by atoms with E-state index in [0.717, 1.165) is 13.0 Å². The molecule has 0 aromatic heterocycles. The number of rotatable bonds is 4. The first kappa shape index (κ1) is 15.4. The number of ether oxygens (including phenoxy) is 1. The molecule has 110 valence electrons. The van der Waals surface area contributed by atoms with Crippen molar-refractivity contribution in [3.63, 3.8) is 0 Å². The molecule has 2 atom stereocenters. The Labute approximate surface area is 124 Å². The Kier molecular flexibility index (Phi) is 5.07. The van der Waals surface area contributed by atoms with Gasteiger partial charge < -0.3 is 10.5 Å². The molecule has 0 saturated carbocycles. The zero-order valence-corrected chi connectivity index (χ0v) is 12.8. The van der Waals surface area contributed by atoms with Crippen LogP contribution in [-0.4, -0.2) is 35.2 Å². The molecule has 0 radical (unpaired) electrons. The molecule has 1 heterocycles. The Balaban J connectivity index is 2.20. The zero-order valence-electron chi connectivity index (χ0n) is 11.9. The van der Waals surface area contributed by atoms with E-state index in [2.05, 4.69) is 11.8 Å². The number of halogens is 1. The van der Waals surface area contributed by atoms with Crippen molar-refractivity contribution in [1.29, 1.82) is 0 Å². The van der Waals surface area contributed by atoms with Gasteiger partial charge in [0.05, 0.1) is 12.7 Å². The lowest BCUT2D eigenvalue weighted by Crippen LogP contribution is -2.48. The van der Waals surface area contributed by atoms with Gasteiger partial charge in [0, 0.05) is 30.3 Å². The maximum atomic E-state index is 14.4. The lowest BCUT2D eigenvalue weighted by Gasteiger charge is -2.38. The second-order valence-electron chi connectivity index (χ2n) is 5.28. The van der Waals surface area contributed by atoms with Crippen LogP contribution >= 0.6 is 12.2 Å². The standard InChI is InChI=1S/C15H21FN2OS/c1-3-12-9-19-10(2)7-18(12)8-11-5-4-6-13(14(11)16)15(17)20/h4-6,10,12H,3,7-9H2,1-2H3,(H2,17,20). The van der Waals surface area contributed by atoms with Crippen LogP contribution in [0.25, 0.3) is 0 Å². The molecule has 1 fully saturated rings. The van der Waals surface area contributed by atoms with Crippen molar-refractivity contribution in [2.75, 3.05) is 13.2 Å². The first-order chi connectivity index (χ1) is 9.52. The van der Waals surface area contributed by atoms with Gasteiger partial charge in [-0.15, -0.1) is 0 Å². The van der Waals surface area contributed by atoms with Crippen molar-refractivity contribution >= 4 is 17.2 Å². The molecule has 5 heteroatoms. The molecule has 1 aliphatic rings. The normalized spacial score (nSPS) is 23.8. The SMILES string of the molecule is CCC1COC(C)CN1Cc1cccc(C(N)=S)c1F. The molecular formula is C15H21FN2OS. The minimum absolute atomic E-state index is 0.103. The van der Waals surface area contributed by atoms with Crippen molar-refractivity contribution in [3.05, 3.63) is 35.1 Å². The van der Waals surface area contributed by atoms with Gasteiger partial charge in [0.25, 0.3) is 0 Å². The van der Waals surface area contributed by atoms with Crippen molar-refractivity contribution in [2.24, 2.45) is 5.73 Å². The van der Waals surface area contributed by atoms with Crippen molar-refractivity contribution < 1.29 is 9.13 Å². The molecule has 0 amide bonds. The van der Waals surface area contributed by atoms with E-state index in [4.69, 9.17) is 22.7 Å². The molecule has 0 bridgehead atoms. The van der Waals surface area contributed by atoms with Gasteiger partial charge in [-0.05, 0) is 19.4 Å². The Morgan fingerprint density at radius 3 is 2.95 bits per heavy atom. The molecule has 0 aliphatic carbocycles. The minimum Gasteiger partial charge on any atom is -0.389 e. The van der Waals surface area contributed by atoms with Gasteiger partial charge in [0.1, 0.15) is 10.8 Å². The number of hydrogen-bond acceptors (Lipinski definition) is 3. The number of nitrogens with two attached hydrogens (primary N) is 1. The number of hydrogen-bond donors (Lipinski definition) is 1. The average molecular weight is 296 g/mol. The lowest BCUT2D eigenvalue weighted by molar-refractivity contribution is -0.0595. The van der Waals surface area contributed by atoms with E-state index < -0.39 is 0 Å². The second-order valence-corrected chi connectivity index (χ2v) is 5.72. The van der Waals surface area contributed by atoms with Crippen molar-refractivity contribution in [3.8, 4) is 0 Å². The van der Waals surface area contributed by atoms with E-state index in [9.17, 15) is 4.39 Å². The number of morpholine rings is 1. The van der Waals surface area contributed by atoms with E-state index in [0.29, 0.717) is 30.3 Å². The smallest absolute Gasteiger partial charge is 0.137 e. The molecule has 1 aliphatic heterocycles. The number of thiocarbonyl (C=S) groups is 1. The highest BCUT2D eigenvalue weighted by Crippen LogP contribution is 2.20. The summed E-state index contributed by atoms with van der Waals surface area (Å²) >= 11 is 4.88. The molecule has 3 nitrogen and oxygen atoms in total. The summed E-state index contributed by atoms with van der Waals surface area (Å²) in [5.74, 6) is -0.297. The van der Waals surface area contributed by atoms with Crippen LogP contribution in [0.1, 0.15) is 31.4 Å². The van der Waals surface area contributed by atoms with Gasteiger partial charge in [-0.2, -0.15) is 0 Å². The predicted octanol–water partition coefficient (Wildman–Crippen LogP) is 2.46. The topological polar surface area (TPSA) is 38.5 Å². The summed E-state index contributed by atoms with van der Waals surface area (Å²) in [5, 5.41) is 0. The monoisotopic (exact) mass is 296 g/mol. The Hall–Kier alpha value is -1.04. The van der Waals surface area contributed by atoms with Crippen molar-refractivity contribution in [1.82, 2.24) is 4.90 Å². The third-order valence-electron chi connectivity index (χ3n) is 3.77. The zero-order chi connectivity index (χ0) is 14.7. The summed E-state index contributed by atoms with van der Waals surface area (Å²) in [6.07, 6.45) is 1.17. The van der Waals surface area contributed by atoms with E-state index in [1.54, 1.807) is 18.2 Å². The summed E-state index contributed by atoms with van der Waals surface area (Å²) in [4.78, 5) is 2.38. The van der Waals surface area contributed by atoms with Gasteiger partial charge in [-0.25, -0.2) is 4.39 Å². The minimum atomic E-state index is -0.297. The second kappa shape index (κ2) is 6.61. The molecular weight excluding hydrogens is 275 g/mol. The van der Waals surface area contributed by atoms with Crippen LogP contribution in [0.4, 0.5) is 4.39 Å². The molecule has 2 N–H and O–H groups in total. The summed E-state index contributed by atoms with van der Waals surface area (Å²) in [5.41, 5.74) is 6.52. The lowest BCUT2D eigenvalue weighted by atomic mass is 10.1. The van der Waals surface area contributed by atoms with E-state index in [-0.39, 0.29) is 16.9 Å². The highest BCUT2D eigenvalue weighted by atomic mass is 32.1. The van der Waals surface area contributed by atoms with E-state index in [1.165, 1.54) is 0 Å². The predicted molar refractivity (Wildman–Crippen MR) is 82.2 cm³/mol. The molecule has 0 spiro atoms. The first-order valence-corrected chi connectivity index (χ1v) is 7.36. The summed E-state index contributed by atoms with van der Waals surface area (Å²) in [6.45, 7) is 6.25. The van der Waals surface area contributed by atoms with Crippen LogP contribution in [0.2, 0.25) is 0 Å². The van der Waals surface area contributed by atoms with Crippen molar-refractivity contribution in [2.45, 2.75) is 39.0 Å². The van der Waals surface area contributed by atoms with E-state index >= 15 is 0 Å². The summed E-state index contributed by atoms with van der Waals surface area (Å²) in [6, 6.07) is 5.56. The van der Waals surface area contributed by atoms with Crippen LogP contribution < -0.4 is 5.73 Å². The fraction of sp³-hybridized carbons (Fsp3) is 0.533. The van der Waals surface area contributed by atoms with Crippen LogP contribution in [0.15, 0.2) is 18.2 Å². The maximum absolute atomic E-state index is 14.4. The Morgan fingerprint density at radius 1 is 1.55 bits per heavy atom.